The fraction of sp³-hybridized carbons (Fsp3) is 0.571. The van der Waals surface area contributed by atoms with Crippen LogP contribution in [0.4, 0.5) is 0 Å². The summed E-state index contributed by atoms with van der Waals surface area (Å²) in [5.41, 5.74) is 0.928. The van der Waals surface area contributed by atoms with Gasteiger partial charge in [-0.2, -0.15) is 8.42 Å². The lowest BCUT2D eigenvalue weighted by molar-refractivity contribution is -0.0179. The van der Waals surface area contributed by atoms with Gasteiger partial charge in [-0.25, -0.2) is 0 Å². The molecule has 1 saturated heterocycles. The third-order valence-corrected chi connectivity index (χ3v) is 4.89. The van der Waals surface area contributed by atoms with E-state index in [1.807, 2.05) is 6.92 Å². The second-order valence-corrected chi connectivity index (χ2v) is 6.69. The van der Waals surface area contributed by atoms with E-state index >= 15 is 0 Å². The summed E-state index contributed by atoms with van der Waals surface area (Å²) in [5.74, 6) is 0. The van der Waals surface area contributed by atoms with E-state index in [1.165, 1.54) is 12.1 Å². The van der Waals surface area contributed by atoms with Crippen molar-refractivity contribution in [3.8, 4) is 0 Å². The monoisotopic (exact) mass is 316 g/mol. The highest BCUT2D eigenvalue weighted by molar-refractivity contribution is 7.86. The lowest BCUT2D eigenvalue weighted by atomic mass is 10.1. The third-order valence-electron chi connectivity index (χ3n) is 3.56. The number of ether oxygens (including phenoxy) is 1. The molecule has 4 atom stereocenters. The number of hydrogen-bond donors (Lipinski definition) is 2. The Kier molecular flexibility index (Phi) is 5.00. The van der Waals surface area contributed by atoms with Crippen LogP contribution >= 0.6 is 0 Å². The summed E-state index contributed by atoms with van der Waals surface area (Å²) in [6, 6.07) is 6.21. The fourth-order valence-corrected chi connectivity index (χ4v) is 3.44. The molecule has 2 rings (SSSR count). The smallest absolute Gasteiger partial charge is 0.297 e. The number of benzene rings is 1. The van der Waals surface area contributed by atoms with Crippen LogP contribution in [-0.4, -0.2) is 49.7 Å². The topological polar surface area (TPSA) is 93.1 Å². The fourth-order valence-electron chi connectivity index (χ4n) is 2.32. The lowest BCUT2D eigenvalue weighted by Gasteiger charge is -2.19. The quantitative estimate of drug-likeness (QED) is 0.773. The lowest BCUT2D eigenvalue weighted by Crippen LogP contribution is -2.38. The average Bonchev–Trinajstić information content (AvgIpc) is 2.75. The van der Waals surface area contributed by atoms with E-state index in [2.05, 4.69) is 0 Å². The summed E-state index contributed by atoms with van der Waals surface area (Å²) in [6.07, 6.45) is -3.09. The standard InChI is InChI=1S/C14H20O6S/c1-3-11-13(16)14(12(8-15)19-11)20-21(17,18)10-6-4-9(2)5-7-10/h4-7,11-16H,3,8H2,1-2H3/t11-,12+,13-,14-/m0/s1. The van der Waals surface area contributed by atoms with Gasteiger partial charge < -0.3 is 14.9 Å². The molecule has 1 fully saturated rings. The highest BCUT2D eigenvalue weighted by atomic mass is 32.2. The van der Waals surface area contributed by atoms with Crippen molar-refractivity contribution in [3.05, 3.63) is 29.8 Å². The summed E-state index contributed by atoms with van der Waals surface area (Å²) in [4.78, 5) is 0.0111. The van der Waals surface area contributed by atoms with Gasteiger partial charge in [-0.05, 0) is 25.5 Å². The Bertz CT molecular complexity index is 566. The Morgan fingerprint density at radius 1 is 1.24 bits per heavy atom. The minimum atomic E-state index is -4.02. The van der Waals surface area contributed by atoms with Crippen molar-refractivity contribution in [2.24, 2.45) is 0 Å². The van der Waals surface area contributed by atoms with Gasteiger partial charge in [-0.15, -0.1) is 0 Å². The molecule has 0 saturated carbocycles. The highest BCUT2D eigenvalue weighted by Gasteiger charge is 2.45. The van der Waals surface area contributed by atoms with Crippen LogP contribution in [0.3, 0.4) is 0 Å². The molecule has 118 valence electrons. The first-order valence-electron chi connectivity index (χ1n) is 6.83. The molecule has 1 aromatic rings. The summed E-state index contributed by atoms with van der Waals surface area (Å²) in [5, 5.41) is 19.3. The van der Waals surface area contributed by atoms with Crippen molar-refractivity contribution in [2.45, 2.75) is 49.6 Å². The van der Waals surface area contributed by atoms with Gasteiger partial charge in [0.2, 0.25) is 0 Å². The predicted octanol–water partition coefficient (Wildman–Crippen LogP) is 0.600. The normalized spacial score (nSPS) is 29.7. The van der Waals surface area contributed by atoms with Crippen molar-refractivity contribution >= 4 is 10.1 Å². The van der Waals surface area contributed by atoms with E-state index in [0.717, 1.165) is 5.56 Å². The van der Waals surface area contributed by atoms with Gasteiger partial charge >= 0.3 is 0 Å². The summed E-state index contributed by atoms with van der Waals surface area (Å²) in [6.45, 7) is 3.24. The van der Waals surface area contributed by atoms with Crippen molar-refractivity contribution in [1.29, 1.82) is 0 Å². The van der Waals surface area contributed by atoms with Gasteiger partial charge in [0.05, 0.1) is 17.6 Å². The maximum absolute atomic E-state index is 12.2. The maximum Gasteiger partial charge on any atom is 0.297 e. The highest BCUT2D eigenvalue weighted by Crippen LogP contribution is 2.28. The Morgan fingerprint density at radius 3 is 2.38 bits per heavy atom. The molecule has 1 aliphatic heterocycles. The molecular weight excluding hydrogens is 296 g/mol. The number of aliphatic hydroxyl groups excluding tert-OH is 2. The Hall–Kier alpha value is -0.990. The third kappa shape index (κ3) is 3.44. The first kappa shape index (κ1) is 16.4. The van der Waals surface area contributed by atoms with Gasteiger partial charge in [0.15, 0.2) is 0 Å². The van der Waals surface area contributed by atoms with E-state index in [0.29, 0.717) is 6.42 Å². The number of rotatable bonds is 5. The molecule has 0 aliphatic carbocycles. The molecule has 6 nitrogen and oxygen atoms in total. The zero-order chi connectivity index (χ0) is 15.6. The van der Waals surface area contributed by atoms with Crippen molar-refractivity contribution in [2.75, 3.05) is 6.61 Å². The Morgan fingerprint density at radius 2 is 1.86 bits per heavy atom. The minimum Gasteiger partial charge on any atom is -0.394 e. The van der Waals surface area contributed by atoms with E-state index in [9.17, 15) is 18.6 Å². The molecular formula is C14H20O6S. The van der Waals surface area contributed by atoms with Crippen molar-refractivity contribution in [1.82, 2.24) is 0 Å². The van der Waals surface area contributed by atoms with Crippen LogP contribution in [-0.2, 0) is 19.0 Å². The Labute approximate surface area is 124 Å². The van der Waals surface area contributed by atoms with Crippen LogP contribution in [0.15, 0.2) is 29.2 Å². The molecule has 7 heteroatoms. The predicted molar refractivity (Wildman–Crippen MR) is 75.3 cm³/mol. The molecule has 21 heavy (non-hydrogen) atoms. The van der Waals surface area contributed by atoms with Crippen LogP contribution < -0.4 is 0 Å². The molecule has 1 aliphatic rings. The minimum absolute atomic E-state index is 0.0111. The first-order valence-corrected chi connectivity index (χ1v) is 8.24. The summed E-state index contributed by atoms with van der Waals surface area (Å²) < 4.78 is 35.0. The molecule has 0 radical (unpaired) electrons. The SMILES string of the molecule is CC[C@@H]1O[C@H](CO)[C@H](OS(=O)(=O)c2ccc(C)cc2)[C@H]1O. The number of hydrogen-bond acceptors (Lipinski definition) is 6. The van der Waals surface area contributed by atoms with Crippen molar-refractivity contribution < 1.29 is 27.6 Å². The van der Waals surface area contributed by atoms with E-state index in [-0.39, 0.29) is 4.90 Å². The van der Waals surface area contributed by atoms with Gasteiger partial charge in [0, 0.05) is 0 Å². The van der Waals surface area contributed by atoms with Crippen LogP contribution in [0.5, 0.6) is 0 Å². The molecule has 0 bridgehead atoms. The van der Waals surface area contributed by atoms with Crippen LogP contribution in [0.25, 0.3) is 0 Å². The van der Waals surface area contributed by atoms with E-state index < -0.39 is 41.1 Å². The molecule has 1 heterocycles. The van der Waals surface area contributed by atoms with Gasteiger partial charge in [-0.3, -0.25) is 4.18 Å². The number of aryl methyl sites for hydroxylation is 1. The molecule has 0 aromatic heterocycles. The van der Waals surface area contributed by atoms with Crippen LogP contribution in [0.2, 0.25) is 0 Å². The Balaban J connectivity index is 2.21. The molecule has 2 N–H and O–H groups in total. The molecule has 0 unspecified atom stereocenters. The van der Waals surface area contributed by atoms with Crippen molar-refractivity contribution in [3.63, 3.8) is 0 Å². The second kappa shape index (κ2) is 6.41. The first-order chi connectivity index (χ1) is 9.89. The molecule has 0 spiro atoms. The second-order valence-electron chi connectivity index (χ2n) is 5.12. The molecule has 0 amide bonds. The largest absolute Gasteiger partial charge is 0.394 e. The van der Waals surface area contributed by atoms with E-state index in [1.54, 1.807) is 19.1 Å². The maximum atomic E-state index is 12.2. The summed E-state index contributed by atoms with van der Waals surface area (Å²) >= 11 is 0. The summed E-state index contributed by atoms with van der Waals surface area (Å²) in [7, 11) is -4.02. The average molecular weight is 316 g/mol. The van der Waals surface area contributed by atoms with Crippen LogP contribution in [0, 0.1) is 6.92 Å². The molecule has 1 aromatic carbocycles. The van der Waals surface area contributed by atoms with Gasteiger partial charge in [0.1, 0.15) is 18.3 Å². The van der Waals surface area contributed by atoms with Crippen LogP contribution in [0.1, 0.15) is 18.9 Å². The van der Waals surface area contributed by atoms with E-state index in [4.69, 9.17) is 8.92 Å². The zero-order valence-electron chi connectivity index (χ0n) is 12.0. The van der Waals surface area contributed by atoms with Gasteiger partial charge in [-0.1, -0.05) is 24.6 Å². The van der Waals surface area contributed by atoms with Gasteiger partial charge in [0.25, 0.3) is 10.1 Å². The number of aliphatic hydroxyl groups is 2. The zero-order valence-corrected chi connectivity index (χ0v) is 12.8.